The van der Waals surface area contributed by atoms with Crippen molar-refractivity contribution >= 4 is 54.3 Å². The number of thiophene rings is 1. The highest BCUT2D eigenvalue weighted by Crippen LogP contribution is 2.46. The largest absolute Gasteiger partial charge is 0.383 e. The molecule has 5 heteroatoms. The molecule has 1 aliphatic rings. The highest BCUT2D eigenvalue weighted by molar-refractivity contribution is 7.26. The van der Waals surface area contributed by atoms with Gasteiger partial charge in [0.05, 0.1) is 17.6 Å². The summed E-state index contributed by atoms with van der Waals surface area (Å²) in [7, 11) is 0. The maximum atomic E-state index is 7.19. The lowest BCUT2D eigenvalue weighted by molar-refractivity contribution is 0.573. The number of nitrogens with two attached hydrogens (primary N) is 2. The van der Waals surface area contributed by atoms with Crippen LogP contribution in [0.1, 0.15) is 52.5 Å². The van der Waals surface area contributed by atoms with Gasteiger partial charge in [-0.1, -0.05) is 146 Å². The normalized spacial score (nSPS) is 17.2. The Morgan fingerprint density at radius 1 is 0.725 bits per heavy atom. The zero-order valence-electron chi connectivity index (χ0n) is 28.4. The van der Waals surface area contributed by atoms with Gasteiger partial charge in [-0.2, -0.15) is 0 Å². The van der Waals surface area contributed by atoms with Crippen LogP contribution in [0.3, 0.4) is 0 Å². The molecule has 8 aromatic rings. The standard InChI is InChI=1S/C46H38N4S/c1-46(38-23-13-22-37-36-21-9-11-25-41(36)51-44(37)38)27-26-35-34-20-8-10-24-39(34)50(40(35)29-46)33-19-12-18-32(28-33)42(47)43(30-14-4-2-5-15-30)49-45(48)31-16-6-3-7-17-31/h2-28,42-43H,29,47H2,1H3,(H2,48,49)/t42?,43-,46?/m1/s1. The Labute approximate surface area is 302 Å². The molecule has 3 atom stereocenters. The molecule has 0 aliphatic heterocycles. The van der Waals surface area contributed by atoms with Gasteiger partial charge in [0.25, 0.3) is 0 Å². The van der Waals surface area contributed by atoms with Crippen LogP contribution in [0.5, 0.6) is 0 Å². The van der Waals surface area contributed by atoms with E-state index in [1.165, 1.54) is 47.9 Å². The van der Waals surface area contributed by atoms with Crippen LogP contribution in [-0.2, 0) is 11.8 Å². The molecule has 0 amide bonds. The number of allylic oxidation sites excluding steroid dienone is 1. The van der Waals surface area contributed by atoms with E-state index in [4.69, 9.17) is 16.5 Å². The van der Waals surface area contributed by atoms with Crippen molar-refractivity contribution in [3.05, 3.63) is 191 Å². The zero-order chi connectivity index (χ0) is 34.5. The Kier molecular flexibility index (Phi) is 7.68. The second-order valence-corrected chi connectivity index (χ2v) is 14.8. The Morgan fingerprint density at radius 3 is 2.22 bits per heavy atom. The monoisotopic (exact) mass is 678 g/mol. The van der Waals surface area contributed by atoms with Crippen LogP contribution in [0.2, 0.25) is 0 Å². The van der Waals surface area contributed by atoms with Crippen LogP contribution in [0, 0.1) is 0 Å². The number of aliphatic imine (C=N–C) groups is 1. The van der Waals surface area contributed by atoms with Crippen molar-refractivity contribution in [1.82, 2.24) is 4.57 Å². The van der Waals surface area contributed by atoms with E-state index in [0.29, 0.717) is 5.84 Å². The topological polar surface area (TPSA) is 69.3 Å². The molecule has 0 spiro atoms. The number of para-hydroxylation sites is 1. The molecule has 4 N–H and O–H groups in total. The van der Waals surface area contributed by atoms with Gasteiger partial charge in [0.1, 0.15) is 5.84 Å². The first-order valence-electron chi connectivity index (χ1n) is 17.5. The molecule has 0 radical (unpaired) electrons. The maximum absolute atomic E-state index is 7.19. The summed E-state index contributed by atoms with van der Waals surface area (Å²) in [5.41, 5.74) is 22.7. The minimum atomic E-state index is -0.428. The van der Waals surface area contributed by atoms with E-state index in [9.17, 15) is 0 Å². The van der Waals surface area contributed by atoms with E-state index in [2.05, 4.69) is 127 Å². The molecule has 2 heterocycles. The summed E-state index contributed by atoms with van der Waals surface area (Å²) in [5.74, 6) is 0.473. The number of nitrogens with zero attached hydrogens (tertiary/aromatic N) is 2. The van der Waals surface area contributed by atoms with Crippen molar-refractivity contribution in [3.63, 3.8) is 0 Å². The molecule has 0 fully saturated rings. The number of benzene rings is 6. The fourth-order valence-electron chi connectivity index (χ4n) is 7.93. The van der Waals surface area contributed by atoms with Gasteiger partial charge in [-0.3, -0.25) is 4.99 Å². The number of fused-ring (bicyclic) bond motifs is 6. The maximum Gasteiger partial charge on any atom is 0.126 e. The van der Waals surface area contributed by atoms with Gasteiger partial charge in [0.15, 0.2) is 0 Å². The summed E-state index contributed by atoms with van der Waals surface area (Å²) in [6, 6.07) is 52.3. The first-order chi connectivity index (χ1) is 25.0. The van der Waals surface area contributed by atoms with Gasteiger partial charge in [-0.05, 0) is 41.0 Å². The van der Waals surface area contributed by atoms with Crippen LogP contribution < -0.4 is 11.5 Å². The molecule has 1 aliphatic carbocycles. The van der Waals surface area contributed by atoms with Crippen molar-refractivity contribution in [2.75, 3.05) is 0 Å². The molecule has 51 heavy (non-hydrogen) atoms. The van der Waals surface area contributed by atoms with Crippen molar-refractivity contribution in [1.29, 1.82) is 0 Å². The lowest BCUT2D eigenvalue weighted by Gasteiger charge is -2.31. The predicted octanol–water partition coefficient (Wildman–Crippen LogP) is 10.7. The van der Waals surface area contributed by atoms with Crippen molar-refractivity contribution < 1.29 is 0 Å². The summed E-state index contributed by atoms with van der Waals surface area (Å²) in [5, 5.41) is 3.91. The van der Waals surface area contributed by atoms with E-state index in [1.54, 1.807) is 0 Å². The van der Waals surface area contributed by atoms with Crippen molar-refractivity contribution in [2.45, 2.75) is 30.8 Å². The lowest BCUT2D eigenvalue weighted by atomic mass is 9.74. The molecular formula is C46H38N4S. The fourth-order valence-corrected chi connectivity index (χ4v) is 9.28. The van der Waals surface area contributed by atoms with E-state index in [0.717, 1.165) is 28.8 Å². The molecule has 0 saturated carbocycles. The third-order valence-corrected chi connectivity index (χ3v) is 11.8. The van der Waals surface area contributed by atoms with Gasteiger partial charge in [0.2, 0.25) is 0 Å². The molecule has 248 valence electrons. The average molecular weight is 679 g/mol. The zero-order valence-corrected chi connectivity index (χ0v) is 29.2. The highest BCUT2D eigenvalue weighted by atomic mass is 32.1. The Bertz CT molecular complexity index is 2610. The van der Waals surface area contributed by atoms with E-state index in [1.807, 2.05) is 59.9 Å². The van der Waals surface area contributed by atoms with E-state index >= 15 is 0 Å². The molecule has 2 aromatic heterocycles. The second kappa shape index (κ2) is 12.5. The predicted molar refractivity (Wildman–Crippen MR) is 216 cm³/mol. The third-order valence-electron chi connectivity index (χ3n) is 10.5. The quantitative estimate of drug-likeness (QED) is 0.130. The second-order valence-electron chi connectivity index (χ2n) is 13.8. The molecule has 4 nitrogen and oxygen atoms in total. The van der Waals surface area contributed by atoms with Gasteiger partial charge < -0.3 is 16.0 Å². The summed E-state index contributed by atoms with van der Waals surface area (Å²) in [6.07, 6.45) is 5.64. The summed E-state index contributed by atoms with van der Waals surface area (Å²) in [4.78, 5) is 5.05. The minimum absolute atomic E-state index is 0.199. The highest BCUT2D eigenvalue weighted by Gasteiger charge is 2.34. The lowest BCUT2D eigenvalue weighted by Crippen LogP contribution is -2.26. The number of aromatic nitrogens is 1. The Balaban J connectivity index is 1.15. The van der Waals surface area contributed by atoms with Crippen LogP contribution in [0.15, 0.2) is 163 Å². The minimum Gasteiger partial charge on any atom is -0.383 e. The Hall–Kier alpha value is -5.75. The summed E-state index contributed by atoms with van der Waals surface area (Å²) in [6.45, 7) is 2.39. The van der Waals surface area contributed by atoms with Gasteiger partial charge in [-0.25, -0.2) is 0 Å². The van der Waals surface area contributed by atoms with Gasteiger partial charge in [0, 0.05) is 59.9 Å². The van der Waals surface area contributed by atoms with E-state index < -0.39 is 6.04 Å². The molecule has 0 saturated heterocycles. The smallest absolute Gasteiger partial charge is 0.126 e. The SMILES string of the molecule is CC1(c2cccc3c2sc2ccccc23)C=Cc2c(n(-c3cccc(C(N)[C@H](N=C(N)c4ccccc4)c4ccccc4)c3)c3ccccc23)C1. The van der Waals surface area contributed by atoms with Crippen LogP contribution in [0.4, 0.5) is 0 Å². The number of hydrogen-bond donors (Lipinski definition) is 2. The van der Waals surface area contributed by atoms with Gasteiger partial charge in [-0.15, -0.1) is 11.3 Å². The van der Waals surface area contributed by atoms with Crippen LogP contribution in [0.25, 0.3) is 42.8 Å². The number of rotatable bonds is 7. The molecule has 0 bridgehead atoms. The first-order valence-corrected chi connectivity index (χ1v) is 18.3. The third kappa shape index (κ3) is 5.37. The van der Waals surface area contributed by atoms with Crippen molar-refractivity contribution in [3.8, 4) is 5.69 Å². The molecule has 6 aromatic carbocycles. The van der Waals surface area contributed by atoms with Crippen LogP contribution in [-0.4, -0.2) is 10.4 Å². The first kappa shape index (κ1) is 31.2. The number of hydrogen-bond acceptors (Lipinski definition) is 3. The van der Waals surface area contributed by atoms with E-state index in [-0.39, 0.29) is 11.5 Å². The van der Waals surface area contributed by atoms with Crippen LogP contribution >= 0.6 is 11.3 Å². The fraction of sp³-hybridized carbons (Fsp3) is 0.109. The van der Waals surface area contributed by atoms with Crippen molar-refractivity contribution in [2.24, 2.45) is 16.5 Å². The average Bonchev–Trinajstić information content (AvgIpc) is 3.72. The Morgan fingerprint density at radius 2 is 1.39 bits per heavy atom. The molecular weight excluding hydrogens is 641 g/mol. The molecule has 2 unspecified atom stereocenters. The summed E-state index contributed by atoms with van der Waals surface area (Å²) >= 11 is 1.90. The number of amidine groups is 1. The molecule has 9 rings (SSSR count). The summed E-state index contributed by atoms with van der Waals surface area (Å²) < 4.78 is 5.15. The van der Waals surface area contributed by atoms with Gasteiger partial charge >= 0.3 is 0 Å².